The van der Waals surface area contributed by atoms with Crippen molar-refractivity contribution in [3.8, 4) is 0 Å². The minimum atomic E-state index is -0.137. The summed E-state index contributed by atoms with van der Waals surface area (Å²) < 4.78 is 0. The number of carbonyl (C=O) groups excluding carboxylic acids is 2. The van der Waals surface area contributed by atoms with Gasteiger partial charge in [-0.15, -0.1) is 0 Å². The lowest BCUT2D eigenvalue weighted by atomic mass is 10.0. The Morgan fingerprint density at radius 3 is 2.73 bits per heavy atom. The third kappa shape index (κ3) is 1.88. The third-order valence-electron chi connectivity index (χ3n) is 2.45. The molecule has 15 heavy (non-hydrogen) atoms. The molecule has 0 aliphatic carbocycles. The molecule has 3 nitrogen and oxygen atoms in total. The van der Waals surface area contributed by atoms with Crippen molar-refractivity contribution in [1.82, 2.24) is 0 Å². The maximum absolute atomic E-state index is 11.7. The van der Waals surface area contributed by atoms with Crippen molar-refractivity contribution >= 4 is 29.0 Å². The summed E-state index contributed by atoms with van der Waals surface area (Å²) in [4.78, 5) is 23.0. The van der Waals surface area contributed by atoms with Gasteiger partial charge in [0.25, 0.3) is 0 Å². The van der Waals surface area contributed by atoms with Crippen molar-refractivity contribution in [2.24, 2.45) is 0 Å². The molecule has 78 valence electrons. The fraction of sp³-hybridized carbons (Fsp3) is 0.273. The van der Waals surface area contributed by atoms with Gasteiger partial charge in [0.1, 0.15) is 0 Å². The van der Waals surface area contributed by atoms with Gasteiger partial charge in [0.05, 0.1) is 5.69 Å². The standard InChI is InChI=1S/C11H10ClNO2/c1-6-4-7-9(5-8(6)12)13-11(15)3-2-10(7)14/h4-5H,2-3H2,1H3,(H,13,15). The van der Waals surface area contributed by atoms with E-state index in [1.165, 1.54) is 0 Å². The van der Waals surface area contributed by atoms with Crippen LogP contribution in [0.15, 0.2) is 12.1 Å². The zero-order valence-electron chi connectivity index (χ0n) is 8.26. The van der Waals surface area contributed by atoms with Crippen LogP contribution in [0.1, 0.15) is 28.8 Å². The van der Waals surface area contributed by atoms with Crippen molar-refractivity contribution in [1.29, 1.82) is 0 Å². The van der Waals surface area contributed by atoms with Crippen LogP contribution >= 0.6 is 11.6 Å². The average molecular weight is 224 g/mol. The van der Waals surface area contributed by atoms with Gasteiger partial charge in [-0.2, -0.15) is 0 Å². The Morgan fingerprint density at radius 1 is 1.27 bits per heavy atom. The van der Waals surface area contributed by atoms with Crippen LogP contribution in [-0.2, 0) is 4.79 Å². The first-order valence-corrected chi connectivity index (χ1v) is 5.09. The highest BCUT2D eigenvalue weighted by Crippen LogP contribution is 2.28. The fourth-order valence-corrected chi connectivity index (χ4v) is 1.75. The van der Waals surface area contributed by atoms with E-state index in [-0.39, 0.29) is 24.5 Å². The summed E-state index contributed by atoms with van der Waals surface area (Å²) in [5, 5.41) is 3.24. The summed E-state index contributed by atoms with van der Waals surface area (Å²) in [6.07, 6.45) is 0.504. The number of fused-ring (bicyclic) bond motifs is 1. The van der Waals surface area contributed by atoms with Gasteiger partial charge in [0, 0.05) is 23.4 Å². The first-order valence-electron chi connectivity index (χ1n) is 4.71. The Balaban J connectivity index is 2.57. The molecule has 1 heterocycles. The van der Waals surface area contributed by atoms with Gasteiger partial charge in [0.15, 0.2) is 5.78 Å². The van der Waals surface area contributed by atoms with Crippen LogP contribution in [0, 0.1) is 6.92 Å². The summed E-state index contributed by atoms with van der Waals surface area (Å²) in [7, 11) is 0. The molecule has 0 aromatic heterocycles. The summed E-state index contributed by atoms with van der Waals surface area (Å²) in [5.74, 6) is -0.148. The molecule has 0 radical (unpaired) electrons. The van der Waals surface area contributed by atoms with Gasteiger partial charge >= 0.3 is 0 Å². The van der Waals surface area contributed by atoms with E-state index in [9.17, 15) is 9.59 Å². The van der Waals surface area contributed by atoms with E-state index in [0.29, 0.717) is 16.3 Å². The molecule has 0 fully saturated rings. The van der Waals surface area contributed by atoms with Crippen molar-refractivity contribution < 1.29 is 9.59 Å². The maximum atomic E-state index is 11.7. The molecule has 0 saturated heterocycles. The molecule has 4 heteroatoms. The second kappa shape index (κ2) is 3.66. The number of Topliss-reactive ketones (excluding diaryl/α,β-unsaturated/α-hetero) is 1. The quantitative estimate of drug-likeness (QED) is 0.735. The first kappa shape index (κ1) is 10.2. The van der Waals surface area contributed by atoms with E-state index in [1.54, 1.807) is 12.1 Å². The number of nitrogens with one attached hydrogen (secondary N) is 1. The molecule has 0 spiro atoms. The van der Waals surface area contributed by atoms with Gasteiger partial charge in [-0.05, 0) is 24.6 Å². The smallest absolute Gasteiger partial charge is 0.224 e. The normalized spacial score (nSPS) is 15.6. The Morgan fingerprint density at radius 2 is 2.00 bits per heavy atom. The molecule has 1 aromatic rings. The van der Waals surface area contributed by atoms with Crippen molar-refractivity contribution in [2.45, 2.75) is 19.8 Å². The number of benzene rings is 1. The highest BCUT2D eigenvalue weighted by molar-refractivity contribution is 6.32. The van der Waals surface area contributed by atoms with Crippen LogP contribution in [0.25, 0.3) is 0 Å². The van der Waals surface area contributed by atoms with Gasteiger partial charge in [0.2, 0.25) is 5.91 Å². The number of aryl methyl sites for hydroxylation is 1. The predicted molar refractivity (Wildman–Crippen MR) is 58.4 cm³/mol. The molecule has 0 atom stereocenters. The molecule has 1 aromatic carbocycles. The van der Waals surface area contributed by atoms with Crippen LogP contribution < -0.4 is 5.32 Å². The highest BCUT2D eigenvalue weighted by atomic mass is 35.5. The lowest BCUT2D eigenvalue weighted by molar-refractivity contribution is -0.116. The lowest BCUT2D eigenvalue weighted by Gasteiger charge is -2.08. The van der Waals surface area contributed by atoms with Crippen molar-refractivity contribution in [3.63, 3.8) is 0 Å². The third-order valence-corrected chi connectivity index (χ3v) is 2.86. The zero-order valence-corrected chi connectivity index (χ0v) is 9.02. The van der Waals surface area contributed by atoms with Crippen LogP contribution in [0.4, 0.5) is 5.69 Å². The second-order valence-corrected chi connectivity index (χ2v) is 4.03. The van der Waals surface area contributed by atoms with Gasteiger partial charge in [-0.1, -0.05) is 11.6 Å². The molecule has 2 rings (SSSR count). The number of halogens is 1. The zero-order chi connectivity index (χ0) is 11.0. The van der Waals surface area contributed by atoms with E-state index >= 15 is 0 Å². The second-order valence-electron chi connectivity index (χ2n) is 3.62. The van der Waals surface area contributed by atoms with E-state index in [1.807, 2.05) is 6.92 Å². The van der Waals surface area contributed by atoms with Gasteiger partial charge in [-0.3, -0.25) is 9.59 Å². The fourth-order valence-electron chi connectivity index (χ4n) is 1.59. The van der Waals surface area contributed by atoms with Gasteiger partial charge < -0.3 is 5.32 Å². The summed E-state index contributed by atoms with van der Waals surface area (Å²) in [5.41, 5.74) is 1.93. The number of anilines is 1. The summed E-state index contributed by atoms with van der Waals surface area (Å²) in [6.45, 7) is 1.84. The van der Waals surface area contributed by atoms with Crippen LogP contribution in [0.2, 0.25) is 5.02 Å². The number of hydrogen-bond acceptors (Lipinski definition) is 2. The van der Waals surface area contributed by atoms with Crippen molar-refractivity contribution in [3.05, 3.63) is 28.3 Å². The Kier molecular flexibility index (Phi) is 2.49. The average Bonchev–Trinajstić information content (AvgIpc) is 2.30. The first-order chi connectivity index (χ1) is 7.08. The molecule has 0 saturated carbocycles. The molecular formula is C11H10ClNO2. The topological polar surface area (TPSA) is 46.2 Å². The summed E-state index contributed by atoms with van der Waals surface area (Å²) in [6, 6.07) is 3.36. The summed E-state index contributed by atoms with van der Waals surface area (Å²) >= 11 is 5.93. The van der Waals surface area contributed by atoms with Crippen LogP contribution in [0.3, 0.4) is 0 Å². The molecule has 1 N–H and O–H groups in total. The largest absolute Gasteiger partial charge is 0.325 e. The number of hydrogen-bond donors (Lipinski definition) is 1. The number of rotatable bonds is 0. The molecular weight excluding hydrogens is 214 g/mol. The lowest BCUT2D eigenvalue weighted by Crippen LogP contribution is -2.09. The maximum Gasteiger partial charge on any atom is 0.224 e. The van der Waals surface area contributed by atoms with Crippen molar-refractivity contribution in [2.75, 3.05) is 5.32 Å². The van der Waals surface area contributed by atoms with Crippen LogP contribution in [-0.4, -0.2) is 11.7 Å². The molecule has 1 aliphatic heterocycles. The molecule has 1 aliphatic rings. The Bertz CT molecular complexity index is 454. The minimum absolute atomic E-state index is 0.0110. The number of amides is 1. The highest BCUT2D eigenvalue weighted by Gasteiger charge is 2.20. The SMILES string of the molecule is Cc1cc2c(cc1Cl)NC(=O)CCC2=O. The Hall–Kier alpha value is -1.35. The monoisotopic (exact) mass is 223 g/mol. The Labute approximate surface area is 92.4 Å². The van der Waals surface area contributed by atoms with E-state index in [0.717, 1.165) is 5.56 Å². The van der Waals surface area contributed by atoms with E-state index < -0.39 is 0 Å². The predicted octanol–water partition coefficient (Wildman–Crippen LogP) is 2.56. The van der Waals surface area contributed by atoms with Crippen LogP contribution in [0.5, 0.6) is 0 Å². The van der Waals surface area contributed by atoms with E-state index in [2.05, 4.69) is 5.32 Å². The number of carbonyl (C=O) groups is 2. The van der Waals surface area contributed by atoms with E-state index in [4.69, 9.17) is 11.6 Å². The molecule has 1 amide bonds. The molecule has 0 unspecified atom stereocenters. The number of ketones is 1. The molecule has 0 bridgehead atoms. The minimum Gasteiger partial charge on any atom is -0.325 e. The van der Waals surface area contributed by atoms with Gasteiger partial charge in [-0.25, -0.2) is 0 Å².